The molecule has 0 spiro atoms. The smallest absolute Gasteiger partial charge is 0.429 e. The largest absolute Gasteiger partial charge is 0.510 e. The quantitative estimate of drug-likeness (QED) is 0.745. The molecule has 1 aromatic carbocycles. The lowest BCUT2D eigenvalue weighted by Crippen LogP contribution is -2.42. The summed E-state index contributed by atoms with van der Waals surface area (Å²) in [6.45, 7) is -0.369. The van der Waals surface area contributed by atoms with Gasteiger partial charge in [-0.05, 0) is 24.3 Å². The van der Waals surface area contributed by atoms with E-state index in [4.69, 9.17) is 9.47 Å². The fourth-order valence-corrected chi connectivity index (χ4v) is 2.32. The molecule has 1 saturated carbocycles. The normalized spacial score (nSPS) is 13.5. The van der Waals surface area contributed by atoms with Crippen LogP contribution >= 0.6 is 0 Å². The van der Waals surface area contributed by atoms with Gasteiger partial charge in [0, 0.05) is 6.54 Å². The maximum atomic E-state index is 13.7. The molecule has 1 aliphatic carbocycles. The van der Waals surface area contributed by atoms with E-state index in [-0.39, 0.29) is 6.61 Å². The average molecular weight is 348 g/mol. The summed E-state index contributed by atoms with van der Waals surface area (Å²) in [7, 11) is 0. The first-order valence-corrected chi connectivity index (χ1v) is 7.88. The SMILES string of the molecule is O=C(OCc1ccccc1)OCn1c(=O)c(F)cn(CC2CC2)c1=O. The van der Waals surface area contributed by atoms with Crippen LogP contribution in [0.5, 0.6) is 0 Å². The highest BCUT2D eigenvalue weighted by molar-refractivity contribution is 5.59. The fourth-order valence-electron chi connectivity index (χ4n) is 2.32. The van der Waals surface area contributed by atoms with E-state index in [1.165, 1.54) is 0 Å². The summed E-state index contributed by atoms with van der Waals surface area (Å²) in [4.78, 5) is 35.6. The van der Waals surface area contributed by atoms with Gasteiger partial charge in [-0.2, -0.15) is 4.39 Å². The van der Waals surface area contributed by atoms with Gasteiger partial charge < -0.3 is 9.47 Å². The Morgan fingerprint density at radius 1 is 1.16 bits per heavy atom. The number of ether oxygens (including phenoxy) is 2. The van der Waals surface area contributed by atoms with Crippen molar-refractivity contribution in [3.05, 3.63) is 68.7 Å². The highest BCUT2D eigenvalue weighted by atomic mass is 19.1. The molecular formula is C17H17FN2O5. The third-order valence-electron chi connectivity index (χ3n) is 3.86. The first kappa shape index (κ1) is 16.9. The van der Waals surface area contributed by atoms with Crippen LogP contribution in [0.1, 0.15) is 18.4 Å². The topological polar surface area (TPSA) is 79.5 Å². The Morgan fingerprint density at radius 2 is 1.88 bits per heavy atom. The van der Waals surface area contributed by atoms with Gasteiger partial charge >= 0.3 is 11.8 Å². The number of carbonyl (C=O) groups is 1. The van der Waals surface area contributed by atoms with Gasteiger partial charge in [0.05, 0.1) is 6.20 Å². The molecule has 1 aromatic heterocycles. The predicted molar refractivity (Wildman–Crippen MR) is 85.4 cm³/mol. The summed E-state index contributed by atoms with van der Waals surface area (Å²) in [5, 5.41) is 0. The Kier molecular flexibility index (Phi) is 4.97. The van der Waals surface area contributed by atoms with Crippen molar-refractivity contribution in [2.75, 3.05) is 0 Å². The van der Waals surface area contributed by atoms with Crippen molar-refractivity contribution in [2.24, 2.45) is 5.92 Å². The highest BCUT2D eigenvalue weighted by Crippen LogP contribution is 2.29. The number of benzene rings is 1. The van der Waals surface area contributed by atoms with Gasteiger partial charge in [-0.15, -0.1) is 0 Å². The minimum Gasteiger partial charge on any atom is -0.429 e. The van der Waals surface area contributed by atoms with E-state index in [0.29, 0.717) is 17.0 Å². The predicted octanol–water partition coefficient (Wildman–Crippen LogP) is 1.87. The molecule has 8 heteroatoms. The number of carbonyl (C=O) groups excluding carboxylic acids is 1. The lowest BCUT2D eigenvalue weighted by Gasteiger charge is -2.11. The van der Waals surface area contributed by atoms with Crippen molar-refractivity contribution in [2.45, 2.75) is 32.7 Å². The van der Waals surface area contributed by atoms with E-state index in [1.807, 2.05) is 6.07 Å². The molecule has 0 bridgehead atoms. The van der Waals surface area contributed by atoms with Crippen molar-refractivity contribution >= 4 is 6.16 Å². The zero-order chi connectivity index (χ0) is 17.8. The van der Waals surface area contributed by atoms with E-state index in [9.17, 15) is 18.8 Å². The molecule has 0 amide bonds. The molecule has 3 rings (SSSR count). The zero-order valence-corrected chi connectivity index (χ0v) is 13.4. The molecule has 0 radical (unpaired) electrons. The number of nitrogens with zero attached hydrogens (tertiary/aromatic N) is 2. The maximum absolute atomic E-state index is 13.7. The summed E-state index contributed by atoms with van der Waals surface area (Å²) in [5.74, 6) is -0.749. The molecule has 25 heavy (non-hydrogen) atoms. The lowest BCUT2D eigenvalue weighted by molar-refractivity contribution is 0.0262. The molecule has 132 valence electrons. The van der Waals surface area contributed by atoms with Crippen LogP contribution in [0.3, 0.4) is 0 Å². The summed E-state index contributed by atoms with van der Waals surface area (Å²) < 4.78 is 25.0. The van der Waals surface area contributed by atoms with Crippen LogP contribution in [0.4, 0.5) is 9.18 Å². The molecule has 7 nitrogen and oxygen atoms in total. The minimum atomic E-state index is -1.13. The monoisotopic (exact) mass is 348 g/mol. The lowest BCUT2D eigenvalue weighted by atomic mass is 10.2. The van der Waals surface area contributed by atoms with Gasteiger partial charge in [-0.1, -0.05) is 30.3 Å². The molecule has 0 saturated heterocycles. The van der Waals surface area contributed by atoms with Gasteiger partial charge in [-0.25, -0.2) is 14.2 Å². The molecule has 0 atom stereocenters. The second kappa shape index (κ2) is 7.33. The van der Waals surface area contributed by atoms with E-state index < -0.39 is 30.0 Å². The Hall–Kier alpha value is -2.90. The fraction of sp³-hybridized carbons (Fsp3) is 0.353. The average Bonchev–Trinajstić information content (AvgIpc) is 3.43. The van der Waals surface area contributed by atoms with Crippen molar-refractivity contribution in [3.63, 3.8) is 0 Å². The summed E-state index contributed by atoms with van der Waals surface area (Å²) in [5.41, 5.74) is -1.09. The van der Waals surface area contributed by atoms with Crippen LogP contribution in [0.25, 0.3) is 0 Å². The second-order valence-electron chi connectivity index (χ2n) is 5.89. The Bertz CT molecular complexity index is 871. The zero-order valence-electron chi connectivity index (χ0n) is 13.4. The second-order valence-corrected chi connectivity index (χ2v) is 5.89. The Morgan fingerprint density at radius 3 is 2.56 bits per heavy atom. The van der Waals surface area contributed by atoms with E-state index in [0.717, 1.165) is 29.2 Å². The van der Waals surface area contributed by atoms with Gasteiger partial charge in [0.1, 0.15) is 6.61 Å². The van der Waals surface area contributed by atoms with Gasteiger partial charge in [0.25, 0.3) is 5.56 Å². The molecular weight excluding hydrogens is 331 g/mol. The van der Waals surface area contributed by atoms with Crippen molar-refractivity contribution < 1.29 is 18.7 Å². The van der Waals surface area contributed by atoms with Crippen LogP contribution in [0, 0.1) is 11.7 Å². The summed E-state index contributed by atoms with van der Waals surface area (Å²) in [6, 6.07) is 8.93. The van der Waals surface area contributed by atoms with Crippen LogP contribution in [0.15, 0.2) is 46.1 Å². The van der Waals surface area contributed by atoms with Gasteiger partial charge in [0.2, 0.25) is 5.82 Å². The number of aromatic nitrogens is 2. The van der Waals surface area contributed by atoms with Crippen molar-refractivity contribution in [1.29, 1.82) is 0 Å². The van der Waals surface area contributed by atoms with Gasteiger partial charge in [0.15, 0.2) is 6.73 Å². The molecule has 2 aromatic rings. The number of halogens is 1. The number of hydrogen-bond donors (Lipinski definition) is 0. The first-order chi connectivity index (χ1) is 12.0. The highest BCUT2D eigenvalue weighted by Gasteiger charge is 2.23. The molecule has 1 aliphatic rings. The number of rotatable bonds is 6. The Labute approximate surface area is 142 Å². The maximum Gasteiger partial charge on any atom is 0.510 e. The molecule has 0 unspecified atom stereocenters. The molecule has 0 aliphatic heterocycles. The minimum absolute atomic E-state index is 0.0103. The van der Waals surface area contributed by atoms with E-state index in [1.54, 1.807) is 24.3 Å². The molecule has 0 N–H and O–H groups in total. The standard InChI is InChI=1S/C17H17FN2O5/c18-14-9-19(8-12-6-7-12)16(22)20(15(14)21)11-25-17(23)24-10-13-4-2-1-3-5-13/h1-5,9,12H,6-8,10-11H2. The van der Waals surface area contributed by atoms with E-state index in [2.05, 4.69) is 0 Å². The summed E-state index contributed by atoms with van der Waals surface area (Å²) in [6.07, 6.45) is 1.78. The van der Waals surface area contributed by atoms with Crippen molar-refractivity contribution in [1.82, 2.24) is 9.13 Å². The van der Waals surface area contributed by atoms with Crippen molar-refractivity contribution in [3.8, 4) is 0 Å². The van der Waals surface area contributed by atoms with Crippen LogP contribution in [0.2, 0.25) is 0 Å². The number of hydrogen-bond acceptors (Lipinski definition) is 5. The Balaban J connectivity index is 1.63. The third-order valence-corrected chi connectivity index (χ3v) is 3.86. The van der Waals surface area contributed by atoms with Crippen LogP contribution < -0.4 is 11.2 Å². The van der Waals surface area contributed by atoms with Crippen LogP contribution in [-0.4, -0.2) is 15.3 Å². The van der Waals surface area contributed by atoms with Crippen LogP contribution in [-0.2, 0) is 29.4 Å². The summed E-state index contributed by atoms with van der Waals surface area (Å²) >= 11 is 0. The third kappa shape index (κ3) is 4.34. The molecule has 1 fully saturated rings. The molecule has 1 heterocycles. The van der Waals surface area contributed by atoms with E-state index >= 15 is 0 Å². The van der Waals surface area contributed by atoms with Gasteiger partial charge in [-0.3, -0.25) is 9.36 Å². The first-order valence-electron chi connectivity index (χ1n) is 7.88.